The Hall–Kier alpha value is -2.01. The molecule has 0 aliphatic carbocycles. The zero-order valence-electron chi connectivity index (χ0n) is 9.00. The van der Waals surface area contributed by atoms with E-state index < -0.39 is 0 Å². The molecule has 0 fully saturated rings. The van der Waals surface area contributed by atoms with Crippen LogP contribution in [0.15, 0.2) is 42.2 Å². The molecule has 2 aromatic heterocycles. The summed E-state index contributed by atoms with van der Waals surface area (Å²) in [7, 11) is 0. The van der Waals surface area contributed by atoms with Crippen LogP contribution in [0, 0.1) is 0 Å². The molecule has 0 amide bonds. The molecular formula is C12H10N4S. The Morgan fingerprint density at radius 2 is 2.18 bits per heavy atom. The van der Waals surface area contributed by atoms with Crippen LogP contribution in [0.5, 0.6) is 0 Å². The van der Waals surface area contributed by atoms with Crippen LogP contribution in [-0.4, -0.2) is 15.2 Å². The first-order valence-corrected chi connectivity index (χ1v) is 6.12. The first-order chi connectivity index (χ1) is 8.42. The fourth-order valence-electron chi connectivity index (χ4n) is 1.59. The summed E-state index contributed by atoms with van der Waals surface area (Å²) in [6.45, 7) is 0.750. The number of anilines is 1. The molecule has 0 bridgehead atoms. The van der Waals surface area contributed by atoms with Crippen LogP contribution in [0.3, 0.4) is 0 Å². The van der Waals surface area contributed by atoms with Gasteiger partial charge in [0.2, 0.25) is 0 Å². The van der Waals surface area contributed by atoms with Crippen molar-refractivity contribution in [3.63, 3.8) is 0 Å². The van der Waals surface area contributed by atoms with Gasteiger partial charge in [-0.05, 0) is 29.8 Å². The predicted molar refractivity (Wildman–Crippen MR) is 69.0 cm³/mol. The zero-order chi connectivity index (χ0) is 11.5. The van der Waals surface area contributed by atoms with Gasteiger partial charge in [0, 0.05) is 18.4 Å². The van der Waals surface area contributed by atoms with Crippen molar-refractivity contribution in [3.05, 3.63) is 47.7 Å². The van der Waals surface area contributed by atoms with E-state index in [0.717, 1.165) is 23.3 Å². The third-order valence-electron chi connectivity index (χ3n) is 2.47. The number of thiazole rings is 1. The molecule has 5 heteroatoms. The number of hydrogen-bond acceptors (Lipinski definition) is 5. The summed E-state index contributed by atoms with van der Waals surface area (Å²) in [6.07, 6.45) is 3.46. The Morgan fingerprint density at radius 3 is 3.06 bits per heavy atom. The van der Waals surface area contributed by atoms with Crippen LogP contribution < -0.4 is 5.32 Å². The van der Waals surface area contributed by atoms with E-state index in [4.69, 9.17) is 0 Å². The van der Waals surface area contributed by atoms with Crippen LogP contribution in [0.1, 0.15) is 5.56 Å². The van der Waals surface area contributed by atoms with Gasteiger partial charge in [-0.15, -0.1) is 11.3 Å². The van der Waals surface area contributed by atoms with E-state index in [2.05, 4.69) is 26.6 Å². The third-order valence-corrected chi connectivity index (χ3v) is 3.27. The number of fused-ring (bicyclic) bond motifs is 1. The SMILES string of the molecule is c1cc(CNc2ccc3ncsc3c2)cnn1. The lowest BCUT2D eigenvalue weighted by molar-refractivity contribution is 0.987. The zero-order valence-corrected chi connectivity index (χ0v) is 9.81. The molecule has 0 atom stereocenters. The molecule has 17 heavy (non-hydrogen) atoms. The average molecular weight is 242 g/mol. The number of aromatic nitrogens is 3. The molecule has 1 N–H and O–H groups in total. The molecule has 1 aromatic carbocycles. The summed E-state index contributed by atoms with van der Waals surface area (Å²) in [6, 6.07) is 8.13. The van der Waals surface area contributed by atoms with Gasteiger partial charge in [0.1, 0.15) is 0 Å². The van der Waals surface area contributed by atoms with E-state index in [-0.39, 0.29) is 0 Å². The summed E-state index contributed by atoms with van der Waals surface area (Å²) >= 11 is 1.65. The number of benzene rings is 1. The largest absolute Gasteiger partial charge is 0.381 e. The molecule has 2 heterocycles. The molecule has 4 nitrogen and oxygen atoms in total. The first kappa shape index (κ1) is 10.2. The van der Waals surface area contributed by atoms with Crippen molar-refractivity contribution in [1.82, 2.24) is 15.2 Å². The first-order valence-electron chi connectivity index (χ1n) is 5.24. The van der Waals surface area contributed by atoms with Gasteiger partial charge in [0.05, 0.1) is 21.9 Å². The fraction of sp³-hybridized carbons (Fsp3) is 0.0833. The van der Waals surface area contributed by atoms with Gasteiger partial charge in [-0.25, -0.2) is 4.98 Å². The number of nitrogens with zero attached hydrogens (tertiary/aromatic N) is 3. The molecule has 0 radical (unpaired) electrons. The summed E-state index contributed by atoms with van der Waals surface area (Å²) in [5, 5.41) is 10.9. The summed E-state index contributed by atoms with van der Waals surface area (Å²) < 4.78 is 1.20. The fourth-order valence-corrected chi connectivity index (χ4v) is 2.31. The van der Waals surface area contributed by atoms with Crippen molar-refractivity contribution in [2.24, 2.45) is 0 Å². The van der Waals surface area contributed by atoms with E-state index in [1.165, 1.54) is 4.70 Å². The minimum Gasteiger partial charge on any atom is -0.381 e. The molecule has 0 aliphatic rings. The van der Waals surface area contributed by atoms with Crippen LogP contribution in [0.4, 0.5) is 5.69 Å². The van der Waals surface area contributed by atoms with E-state index in [1.807, 2.05) is 23.7 Å². The monoisotopic (exact) mass is 242 g/mol. The molecule has 3 aromatic rings. The van der Waals surface area contributed by atoms with Gasteiger partial charge < -0.3 is 5.32 Å². The molecule has 84 valence electrons. The molecule has 3 rings (SSSR count). The lowest BCUT2D eigenvalue weighted by Crippen LogP contribution is -1.99. The highest BCUT2D eigenvalue weighted by Gasteiger charge is 1.98. The summed E-state index contributed by atoms with van der Waals surface area (Å²) in [4.78, 5) is 4.25. The smallest absolute Gasteiger partial charge is 0.0813 e. The molecule has 0 saturated heterocycles. The number of rotatable bonds is 3. The molecule has 0 saturated carbocycles. The maximum Gasteiger partial charge on any atom is 0.0813 e. The maximum absolute atomic E-state index is 4.25. The second kappa shape index (κ2) is 4.47. The van der Waals surface area contributed by atoms with Crippen molar-refractivity contribution in [1.29, 1.82) is 0 Å². The van der Waals surface area contributed by atoms with Crippen molar-refractivity contribution < 1.29 is 0 Å². The van der Waals surface area contributed by atoms with Gasteiger partial charge in [-0.2, -0.15) is 10.2 Å². The normalized spacial score (nSPS) is 10.6. The lowest BCUT2D eigenvalue weighted by atomic mass is 10.2. The highest BCUT2D eigenvalue weighted by atomic mass is 32.1. The van der Waals surface area contributed by atoms with Gasteiger partial charge in [0.25, 0.3) is 0 Å². The Morgan fingerprint density at radius 1 is 1.18 bits per heavy atom. The van der Waals surface area contributed by atoms with Gasteiger partial charge in [-0.3, -0.25) is 0 Å². The van der Waals surface area contributed by atoms with Gasteiger partial charge in [-0.1, -0.05) is 0 Å². The summed E-state index contributed by atoms with van der Waals surface area (Å²) in [5.74, 6) is 0. The molecule has 0 unspecified atom stereocenters. The Labute approximate surface area is 102 Å². The van der Waals surface area contributed by atoms with Crippen LogP contribution >= 0.6 is 11.3 Å². The number of hydrogen-bond donors (Lipinski definition) is 1. The number of nitrogens with one attached hydrogen (secondary N) is 1. The van der Waals surface area contributed by atoms with Crippen LogP contribution in [0.2, 0.25) is 0 Å². The molecular weight excluding hydrogens is 232 g/mol. The Balaban J connectivity index is 1.76. The van der Waals surface area contributed by atoms with E-state index >= 15 is 0 Å². The minimum atomic E-state index is 0.750. The topological polar surface area (TPSA) is 50.7 Å². The molecule has 0 aliphatic heterocycles. The van der Waals surface area contributed by atoms with Crippen molar-refractivity contribution >= 4 is 27.2 Å². The predicted octanol–water partition coefficient (Wildman–Crippen LogP) is 2.70. The van der Waals surface area contributed by atoms with Gasteiger partial charge >= 0.3 is 0 Å². The second-order valence-electron chi connectivity index (χ2n) is 3.64. The molecule has 0 spiro atoms. The lowest BCUT2D eigenvalue weighted by Gasteiger charge is -2.05. The van der Waals surface area contributed by atoms with Crippen LogP contribution in [-0.2, 0) is 6.54 Å². The maximum atomic E-state index is 4.25. The van der Waals surface area contributed by atoms with E-state index in [9.17, 15) is 0 Å². The average Bonchev–Trinajstić information content (AvgIpc) is 2.85. The van der Waals surface area contributed by atoms with Gasteiger partial charge in [0.15, 0.2) is 0 Å². The standard InChI is InChI=1S/C12H10N4S/c1-2-11-12(17-8-14-11)5-10(1)13-6-9-3-4-15-16-7-9/h1-5,7-8,13H,6H2. The quantitative estimate of drug-likeness (QED) is 0.767. The van der Waals surface area contributed by atoms with Crippen molar-refractivity contribution in [2.45, 2.75) is 6.54 Å². The van der Waals surface area contributed by atoms with Crippen LogP contribution in [0.25, 0.3) is 10.2 Å². The second-order valence-corrected chi connectivity index (χ2v) is 4.53. The highest BCUT2D eigenvalue weighted by Crippen LogP contribution is 2.22. The van der Waals surface area contributed by atoms with Crippen molar-refractivity contribution in [3.8, 4) is 0 Å². The summed E-state index contributed by atoms with van der Waals surface area (Å²) in [5.41, 5.74) is 5.12. The third kappa shape index (κ3) is 2.24. The Kier molecular flexibility index (Phi) is 2.67. The highest BCUT2D eigenvalue weighted by molar-refractivity contribution is 7.16. The van der Waals surface area contributed by atoms with Crippen molar-refractivity contribution in [2.75, 3.05) is 5.32 Å². The van der Waals surface area contributed by atoms with E-state index in [1.54, 1.807) is 23.7 Å². The Bertz CT molecular complexity index is 620. The van der Waals surface area contributed by atoms with E-state index in [0.29, 0.717) is 0 Å². The minimum absolute atomic E-state index is 0.750.